The third-order valence-corrected chi connectivity index (χ3v) is 13.0. The third kappa shape index (κ3) is 11.5. The zero-order valence-corrected chi connectivity index (χ0v) is 35.2. The van der Waals surface area contributed by atoms with Gasteiger partial charge in [0.25, 0.3) is 11.5 Å². The van der Waals surface area contributed by atoms with Crippen LogP contribution < -0.4 is 15.6 Å². The normalized spacial score (nSPS) is 14.5. The fourth-order valence-corrected chi connectivity index (χ4v) is 9.12. The van der Waals surface area contributed by atoms with E-state index in [9.17, 15) is 45.5 Å². The highest BCUT2D eigenvalue weighted by molar-refractivity contribution is 7.91. The average Bonchev–Trinajstić information content (AvgIpc) is 3.27. The number of aromatic amines is 1. The van der Waals surface area contributed by atoms with Crippen molar-refractivity contribution in [3.63, 3.8) is 0 Å². The van der Waals surface area contributed by atoms with Crippen LogP contribution in [0.1, 0.15) is 65.3 Å². The molecular weight excluding hydrogens is 845 g/mol. The number of amides is 2. The number of aliphatic hydroxyl groups excluding tert-OH is 1. The number of alkyl halides is 3. The Hall–Kier alpha value is -6.16. The number of nitrogens with one attached hydrogen (secondary N) is 2. The van der Waals surface area contributed by atoms with Crippen LogP contribution in [0.25, 0.3) is 10.8 Å². The Kier molecular flexibility index (Phi) is 14.6. The smallest absolute Gasteiger partial charge is 0.417 e. The maximum Gasteiger partial charge on any atom is 0.417 e. The summed E-state index contributed by atoms with van der Waals surface area (Å²) < 4.78 is 87.5. The molecule has 13 nitrogen and oxygen atoms in total. The van der Waals surface area contributed by atoms with E-state index in [1.54, 1.807) is 29.2 Å². The molecule has 5 aromatic rings. The summed E-state index contributed by atoms with van der Waals surface area (Å²) in [6.07, 6.45) is -1.07. The lowest BCUT2D eigenvalue weighted by Crippen LogP contribution is -2.49. The molecule has 4 aromatic carbocycles. The Labute approximate surface area is 361 Å². The van der Waals surface area contributed by atoms with E-state index in [0.717, 1.165) is 44.4 Å². The summed E-state index contributed by atoms with van der Waals surface area (Å²) in [5, 5.41) is 29.2. The van der Waals surface area contributed by atoms with E-state index in [0.29, 0.717) is 73.1 Å². The van der Waals surface area contributed by atoms with Gasteiger partial charge in [0.15, 0.2) is 9.84 Å². The van der Waals surface area contributed by atoms with Crippen LogP contribution in [0.2, 0.25) is 0 Å². The summed E-state index contributed by atoms with van der Waals surface area (Å²) in [7, 11) is -4.16. The van der Waals surface area contributed by atoms with Crippen molar-refractivity contribution in [2.45, 2.75) is 50.1 Å². The highest BCUT2D eigenvalue weighted by Crippen LogP contribution is 2.34. The number of anilines is 1. The highest BCUT2D eigenvalue weighted by Gasteiger charge is 2.39. The van der Waals surface area contributed by atoms with E-state index in [-0.39, 0.29) is 27.6 Å². The van der Waals surface area contributed by atoms with Gasteiger partial charge in [-0.25, -0.2) is 17.9 Å². The monoisotopic (exact) mass is 890 g/mol. The number of aliphatic hydroxyl groups is 1. The molecule has 0 radical (unpaired) electrons. The predicted molar refractivity (Wildman–Crippen MR) is 226 cm³/mol. The van der Waals surface area contributed by atoms with Crippen LogP contribution in [-0.2, 0) is 27.2 Å². The topological polar surface area (TPSA) is 186 Å². The predicted octanol–water partition coefficient (Wildman–Crippen LogP) is 6.35. The van der Waals surface area contributed by atoms with Crippen LogP contribution >= 0.6 is 0 Å². The number of carbonyl (C=O) groups excluding carboxylic acids is 2. The number of nitrogens with zero attached hydrogens (tertiary/aromatic N) is 4. The van der Waals surface area contributed by atoms with Gasteiger partial charge in [-0.05, 0) is 92.5 Å². The molecule has 1 aromatic heterocycles. The number of piperazine rings is 1. The number of ether oxygens (including phenoxy) is 1. The van der Waals surface area contributed by atoms with Crippen LogP contribution in [0.5, 0.6) is 5.75 Å². The molecule has 3 N–H and O–H groups in total. The largest absolute Gasteiger partial charge is 0.494 e. The number of sulfone groups is 1. The number of unbranched alkanes of at least 4 members (excludes halogenated alkanes) is 3. The maximum atomic E-state index is 14.9. The lowest BCUT2D eigenvalue weighted by Gasteiger charge is -2.35. The van der Waals surface area contributed by atoms with E-state index >= 15 is 0 Å². The molecule has 0 saturated carbocycles. The lowest BCUT2D eigenvalue weighted by atomic mass is 9.93. The first-order chi connectivity index (χ1) is 30.0. The summed E-state index contributed by atoms with van der Waals surface area (Å²) >= 11 is 0. The zero-order chi connectivity index (χ0) is 45.4. The molecule has 2 amide bonds. The van der Waals surface area contributed by atoms with Crippen LogP contribution in [0, 0.1) is 22.6 Å². The lowest BCUT2D eigenvalue weighted by molar-refractivity contribution is -0.137. The van der Waals surface area contributed by atoms with Crippen LogP contribution in [-0.4, -0.2) is 97.0 Å². The average molecular weight is 891 g/mol. The first kappa shape index (κ1) is 46.3. The molecule has 63 heavy (non-hydrogen) atoms. The van der Waals surface area contributed by atoms with E-state index < -0.39 is 56.6 Å². The standard InChI is InChI=1S/C45H46F4N6O7S/c1-44(28-56,43(59)51-32-12-11-31(27-50)38(26-32)45(47,48)49)29-63(60,61)34-15-13-33(14-16-34)62-23-7-3-2-6-18-54-19-21-55(22-20-54)42(58)37-24-30(10-17-39(37)46)25-40-35-8-4-5-9-36(35)41(57)53-52-40/h4-5,8-17,24,26,56H,2-3,6-7,18-23,25,28-29H2,1H3,(H,51,59)(H,53,57). The highest BCUT2D eigenvalue weighted by atomic mass is 32.2. The minimum absolute atomic E-state index is 0.000472. The fourth-order valence-electron chi connectivity index (χ4n) is 7.34. The number of rotatable bonds is 17. The summed E-state index contributed by atoms with van der Waals surface area (Å²) in [6.45, 7) is 3.74. The molecule has 1 atom stereocenters. The molecule has 0 aliphatic carbocycles. The maximum absolute atomic E-state index is 14.9. The summed E-state index contributed by atoms with van der Waals surface area (Å²) in [5.41, 5.74) is -3.13. The van der Waals surface area contributed by atoms with Gasteiger partial charge >= 0.3 is 6.18 Å². The molecule has 1 saturated heterocycles. The minimum Gasteiger partial charge on any atom is -0.494 e. The van der Waals surface area contributed by atoms with Gasteiger partial charge in [0, 0.05) is 43.7 Å². The number of aromatic nitrogens is 2. The quantitative estimate of drug-likeness (QED) is 0.0702. The van der Waals surface area contributed by atoms with Crippen LogP contribution in [0.3, 0.4) is 0 Å². The van der Waals surface area contributed by atoms with Gasteiger partial charge in [-0.15, -0.1) is 0 Å². The Bertz CT molecular complexity index is 2660. The molecule has 0 bridgehead atoms. The molecule has 1 fully saturated rings. The van der Waals surface area contributed by atoms with Gasteiger partial charge in [-0.3, -0.25) is 19.3 Å². The molecule has 332 valence electrons. The van der Waals surface area contributed by atoms with Crippen LogP contribution in [0.15, 0.2) is 94.6 Å². The zero-order valence-electron chi connectivity index (χ0n) is 34.4. The number of nitriles is 1. The van der Waals surface area contributed by atoms with Crippen molar-refractivity contribution < 1.29 is 45.4 Å². The Balaban J connectivity index is 0.897. The number of hydrogen-bond donors (Lipinski definition) is 3. The van der Waals surface area contributed by atoms with Gasteiger partial charge in [0.2, 0.25) is 5.91 Å². The number of hydrogen-bond acceptors (Lipinski definition) is 10. The molecule has 18 heteroatoms. The summed E-state index contributed by atoms with van der Waals surface area (Å²) in [6, 6.07) is 21.1. The van der Waals surface area contributed by atoms with E-state index in [2.05, 4.69) is 20.4 Å². The molecule has 0 spiro atoms. The van der Waals surface area contributed by atoms with Gasteiger partial charge in [0.1, 0.15) is 11.6 Å². The minimum atomic E-state index is -4.87. The van der Waals surface area contributed by atoms with Gasteiger partial charge in [-0.1, -0.05) is 37.1 Å². The molecule has 1 aliphatic heterocycles. The van der Waals surface area contributed by atoms with E-state index in [1.807, 2.05) is 12.1 Å². The van der Waals surface area contributed by atoms with Crippen molar-refractivity contribution in [3.8, 4) is 11.8 Å². The molecule has 6 rings (SSSR count). The first-order valence-corrected chi connectivity index (χ1v) is 21.9. The van der Waals surface area contributed by atoms with Crippen molar-refractivity contribution in [2.24, 2.45) is 5.41 Å². The Morgan fingerprint density at radius 1 is 0.937 bits per heavy atom. The van der Waals surface area contributed by atoms with E-state index in [1.165, 1.54) is 43.3 Å². The molecule has 1 unspecified atom stereocenters. The fraction of sp³-hybridized carbons (Fsp3) is 0.356. The number of carbonyl (C=O) groups is 2. The molecule has 2 heterocycles. The van der Waals surface area contributed by atoms with Crippen LogP contribution in [0.4, 0.5) is 23.2 Å². The van der Waals surface area contributed by atoms with Gasteiger partial charge < -0.3 is 20.1 Å². The van der Waals surface area contributed by atoms with Crippen molar-refractivity contribution in [2.75, 3.05) is 57.0 Å². The second-order valence-corrected chi connectivity index (χ2v) is 17.7. The number of halogens is 4. The van der Waals surface area contributed by atoms with Crippen molar-refractivity contribution in [3.05, 3.63) is 129 Å². The van der Waals surface area contributed by atoms with Crippen molar-refractivity contribution in [1.29, 1.82) is 5.26 Å². The van der Waals surface area contributed by atoms with Gasteiger partial charge in [-0.2, -0.15) is 23.5 Å². The number of fused-ring (bicyclic) bond motifs is 1. The Morgan fingerprint density at radius 2 is 1.63 bits per heavy atom. The SMILES string of the molecule is CC(CO)(CS(=O)(=O)c1ccc(OCCCCCCN2CCN(C(=O)c3cc(Cc4n[nH]c(=O)c5ccccc45)ccc3F)CC2)cc1)C(=O)Nc1ccc(C#N)c(C(F)(F)F)c1. The summed E-state index contributed by atoms with van der Waals surface area (Å²) in [4.78, 5) is 42.5. The van der Waals surface area contributed by atoms with Crippen molar-refractivity contribution in [1.82, 2.24) is 20.0 Å². The molecule has 1 aliphatic rings. The third-order valence-electron chi connectivity index (χ3n) is 11.0. The number of H-pyrrole nitrogens is 1. The first-order valence-electron chi connectivity index (χ1n) is 20.3. The second kappa shape index (κ2) is 19.9. The number of benzene rings is 4. The summed E-state index contributed by atoms with van der Waals surface area (Å²) in [5.74, 6) is -2.40. The molecular formula is C45H46F4N6O7S. The van der Waals surface area contributed by atoms with Crippen molar-refractivity contribution >= 4 is 38.1 Å². The second-order valence-electron chi connectivity index (χ2n) is 15.7. The van der Waals surface area contributed by atoms with E-state index in [4.69, 9.17) is 10.00 Å². The Morgan fingerprint density at radius 3 is 2.32 bits per heavy atom. The van der Waals surface area contributed by atoms with Gasteiger partial charge in [0.05, 0.1) is 63.1 Å².